The van der Waals surface area contributed by atoms with Gasteiger partial charge in [0.05, 0.1) is 16.1 Å². The fourth-order valence-corrected chi connectivity index (χ4v) is 3.51. The van der Waals surface area contributed by atoms with Crippen LogP contribution in [0.15, 0.2) is 18.2 Å². The van der Waals surface area contributed by atoms with Gasteiger partial charge in [0, 0.05) is 6.04 Å². The number of nitrogens with one attached hydrogen (secondary N) is 1. The molecule has 1 aliphatic carbocycles. The van der Waals surface area contributed by atoms with Crippen LogP contribution in [0.5, 0.6) is 0 Å². The van der Waals surface area contributed by atoms with E-state index in [4.69, 9.17) is 23.8 Å². The molecule has 2 aromatic rings. The first-order valence-corrected chi connectivity index (χ1v) is 6.84. The molecule has 2 nitrogen and oxygen atoms in total. The van der Waals surface area contributed by atoms with Gasteiger partial charge in [-0.3, -0.25) is 0 Å². The van der Waals surface area contributed by atoms with Crippen LogP contribution in [0.3, 0.4) is 0 Å². The molecule has 0 spiro atoms. The highest BCUT2D eigenvalue weighted by Crippen LogP contribution is 2.37. The Morgan fingerprint density at radius 2 is 2.24 bits per heavy atom. The number of benzene rings is 1. The van der Waals surface area contributed by atoms with Crippen molar-refractivity contribution in [2.75, 3.05) is 0 Å². The van der Waals surface area contributed by atoms with Gasteiger partial charge in [0.25, 0.3) is 0 Å². The van der Waals surface area contributed by atoms with Gasteiger partial charge in [-0.25, -0.2) is 0 Å². The van der Waals surface area contributed by atoms with E-state index in [1.54, 1.807) is 0 Å². The highest BCUT2D eigenvalue weighted by atomic mass is 35.5. The average Bonchev–Trinajstić information content (AvgIpc) is 2.82. The summed E-state index contributed by atoms with van der Waals surface area (Å²) >= 11 is 11.7. The highest BCUT2D eigenvalue weighted by molar-refractivity contribution is 7.71. The summed E-state index contributed by atoms with van der Waals surface area (Å²) in [6.45, 7) is 2.31. The van der Waals surface area contributed by atoms with Gasteiger partial charge in [-0.2, -0.15) is 0 Å². The second kappa shape index (κ2) is 4.14. The van der Waals surface area contributed by atoms with Crippen LogP contribution in [0.4, 0.5) is 0 Å². The molecule has 1 saturated carbocycles. The SMILES string of the molecule is CC1CCC(n2c(=S)[nH]c3cccc(Cl)c32)C1. The molecule has 1 N–H and O–H groups in total. The van der Waals surface area contributed by atoms with Crippen LogP contribution < -0.4 is 0 Å². The number of H-pyrrole nitrogens is 1. The Morgan fingerprint density at radius 1 is 1.41 bits per heavy atom. The van der Waals surface area contributed by atoms with Crippen LogP contribution in [0.2, 0.25) is 5.02 Å². The summed E-state index contributed by atoms with van der Waals surface area (Å²) in [5.74, 6) is 0.786. The van der Waals surface area contributed by atoms with Gasteiger partial charge >= 0.3 is 0 Å². The van der Waals surface area contributed by atoms with Crippen molar-refractivity contribution in [3.8, 4) is 0 Å². The topological polar surface area (TPSA) is 20.7 Å². The van der Waals surface area contributed by atoms with Gasteiger partial charge in [-0.05, 0) is 49.5 Å². The second-order valence-electron chi connectivity index (χ2n) is 5.01. The third-order valence-corrected chi connectivity index (χ3v) is 4.32. The summed E-state index contributed by atoms with van der Waals surface area (Å²) in [6.07, 6.45) is 3.68. The lowest BCUT2D eigenvalue weighted by atomic mass is 10.1. The van der Waals surface area contributed by atoms with Crippen LogP contribution in [0, 0.1) is 10.7 Å². The zero-order valence-electron chi connectivity index (χ0n) is 9.74. The lowest BCUT2D eigenvalue weighted by molar-refractivity contribution is 0.500. The maximum atomic E-state index is 6.30. The fraction of sp³-hybridized carbons (Fsp3) is 0.462. The first-order valence-electron chi connectivity index (χ1n) is 6.05. The van der Waals surface area contributed by atoms with E-state index in [9.17, 15) is 0 Å². The Balaban J connectivity index is 2.21. The Bertz CT molecular complexity index is 613. The molecular formula is C13H15ClN2S. The van der Waals surface area contributed by atoms with Gasteiger partial charge in [0.2, 0.25) is 0 Å². The molecule has 1 fully saturated rings. The van der Waals surface area contributed by atoms with Crippen molar-refractivity contribution in [3.63, 3.8) is 0 Å². The van der Waals surface area contributed by atoms with Crippen molar-refractivity contribution < 1.29 is 0 Å². The van der Waals surface area contributed by atoms with E-state index in [1.807, 2.05) is 18.2 Å². The predicted molar refractivity (Wildman–Crippen MR) is 74.2 cm³/mol. The minimum atomic E-state index is 0.506. The lowest BCUT2D eigenvalue weighted by Crippen LogP contribution is -2.05. The summed E-state index contributed by atoms with van der Waals surface area (Å²) in [6, 6.07) is 6.43. The number of para-hydroxylation sites is 1. The lowest BCUT2D eigenvalue weighted by Gasteiger charge is -2.13. The van der Waals surface area contributed by atoms with Crippen molar-refractivity contribution in [1.29, 1.82) is 0 Å². The average molecular weight is 267 g/mol. The maximum absolute atomic E-state index is 6.30. The Labute approximate surface area is 111 Å². The third kappa shape index (κ3) is 1.81. The zero-order valence-corrected chi connectivity index (χ0v) is 11.3. The summed E-state index contributed by atoms with van der Waals surface area (Å²) in [5, 5.41) is 0.786. The molecule has 0 radical (unpaired) electrons. The normalized spacial score (nSPS) is 24.6. The molecule has 0 saturated heterocycles. The molecule has 1 heterocycles. The number of aromatic nitrogens is 2. The Morgan fingerprint density at radius 3 is 2.94 bits per heavy atom. The molecule has 1 aromatic carbocycles. The van der Waals surface area contributed by atoms with Gasteiger partial charge < -0.3 is 9.55 Å². The predicted octanol–water partition coefficient (Wildman–Crippen LogP) is 4.71. The van der Waals surface area contributed by atoms with Gasteiger partial charge in [0.1, 0.15) is 0 Å². The van der Waals surface area contributed by atoms with Crippen molar-refractivity contribution in [3.05, 3.63) is 28.0 Å². The first kappa shape index (κ1) is 11.3. The molecule has 0 aliphatic heterocycles. The summed E-state index contributed by atoms with van der Waals surface area (Å²) in [7, 11) is 0. The molecule has 1 aliphatic rings. The van der Waals surface area contributed by atoms with Crippen LogP contribution in [0.25, 0.3) is 11.0 Å². The number of aromatic amines is 1. The second-order valence-corrected chi connectivity index (χ2v) is 5.80. The minimum Gasteiger partial charge on any atom is -0.331 e. The summed E-state index contributed by atoms with van der Waals surface area (Å²) in [4.78, 5) is 3.25. The van der Waals surface area contributed by atoms with Crippen LogP contribution in [-0.2, 0) is 0 Å². The molecule has 1 aromatic heterocycles. The smallest absolute Gasteiger partial charge is 0.178 e. The van der Waals surface area contributed by atoms with Crippen molar-refractivity contribution in [2.45, 2.75) is 32.2 Å². The van der Waals surface area contributed by atoms with Crippen molar-refractivity contribution in [2.24, 2.45) is 5.92 Å². The zero-order chi connectivity index (χ0) is 12.0. The number of rotatable bonds is 1. The molecular weight excluding hydrogens is 252 g/mol. The minimum absolute atomic E-state index is 0.506. The van der Waals surface area contributed by atoms with E-state index in [-0.39, 0.29) is 0 Å². The number of hydrogen-bond acceptors (Lipinski definition) is 1. The molecule has 90 valence electrons. The molecule has 2 unspecified atom stereocenters. The van der Waals surface area contributed by atoms with Crippen molar-refractivity contribution >= 4 is 34.9 Å². The number of halogens is 1. The van der Waals surface area contributed by atoms with Gasteiger partial charge in [-0.1, -0.05) is 24.6 Å². The van der Waals surface area contributed by atoms with E-state index in [2.05, 4.69) is 16.5 Å². The molecule has 0 bridgehead atoms. The van der Waals surface area contributed by atoms with Crippen LogP contribution >= 0.6 is 23.8 Å². The van der Waals surface area contributed by atoms with E-state index in [0.717, 1.165) is 26.7 Å². The van der Waals surface area contributed by atoms with E-state index < -0.39 is 0 Å². The van der Waals surface area contributed by atoms with Crippen LogP contribution in [-0.4, -0.2) is 9.55 Å². The molecule has 17 heavy (non-hydrogen) atoms. The largest absolute Gasteiger partial charge is 0.331 e. The molecule has 2 atom stereocenters. The number of hydrogen-bond donors (Lipinski definition) is 1. The van der Waals surface area contributed by atoms with E-state index in [1.165, 1.54) is 19.3 Å². The van der Waals surface area contributed by atoms with Gasteiger partial charge in [0.15, 0.2) is 4.77 Å². The standard InChI is InChI=1S/C13H15ClN2S/c1-8-5-6-9(7-8)16-12-10(14)3-2-4-11(12)15-13(16)17/h2-4,8-9H,5-7H2,1H3,(H,15,17). The number of fused-ring (bicyclic) bond motifs is 1. The number of nitrogens with zero attached hydrogens (tertiary/aromatic N) is 1. The summed E-state index contributed by atoms with van der Waals surface area (Å²) in [5.41, 5.74) is 2.11. The molecule has 0 amide bonds. The Hall–Kier alpha value is -0.800. The summed E-state index contributed by atoms with van der Waals surface area (Å²) < 4.78 is 3.02. The Kier molecular flexibility index (Phi) is 2.75. The van der Waals surface area contributed by atoms with E-state index >= 15 is 0 Å². The fourth-order valence-electron chi connectivity index (χ4n) is 2.90. The molecule has 3 rings (SSSR count). The number of imidazole rings is 1. The first-order chi connectivity index (χ1) is 8.16. The highest BCUT2D eigenvalue weighted by Gasteiger charge is 2.25. The quantitative estimate of drug-likeness (QED) is 0.741. The van der Waals surface area contributed by atoms with Crippen LogP contribution in [0.1, 0.15) is 32.2 Å². The monoisotopic (exact) mass is 266 g/mol. The maximum Gasteiger partial charge on any atom is 0.178 e. The van der Waals surface area contributed by atoms with Gasteiger partial charge in [-0.15, -0.1) is 0 Å². The van der Waals surface area contributed by atoms with Crippen molar-refractivity contribution in [1.82, 2.24) is 9.55 Å². The molecule has 4 heteroatoms. The van der Waals surface area contributed by atoms with E-state index in [0.29, 0.717) is 6.04 Å². The third-order valence-electron chi connectivity index (χ3n) is 3.72.